The Morgan fingerprint density at radius 3 is 2.42 bits per heavy atom. The minimum Gasteiger partial charge on any atom is -0.465 e. The molecule has 1 aliphatic heterocycles. The third kappa shape index (κ3) is 3.71. The van der Waals surface area contributed by atoms with Crippen LogP contribution in [0.15, 0.2) is 0 Å². The molecule has 4 heteroatoms. The molecule has 19 heavy (non-hydrogen) atoms. The summed E-state index contributed by atoms with van der Waals surface area (Å²) in [6, 6.07) is 0. The summed E-state index contributed by atoms with van der Waals surface area (Å²) in [5, 5.41) is 0. The van der Waals surface area contributed by atoms with Crippen LogP contribution in [0.5, 0.6) is 0 Å². The van der Waals surface area contributed by atoms with Gasteiger partial charge in [-0.25, -0.2) is 0 Å². The van der Waals surface area contributed by atoms with Gasteiger partial charge in [-0.05, 0) is 33.6 Å². The van der Waals surface area contributed by atoms with E-state index >= 15 is 0 Å². The second kappa shape index (κ2) is 5.93. The summed E-state index contributed by atoms with van der Waals surface area (Å²) in [4.78, 5) is 23.6. The van der Waals surface area contributed by atoms with Gasteiger partial charge in [0.2, 0.25) is 0 Å². The van der Waals surface area contributed by atoms with Crippen LogP contribution < -0.4 is 0 Å². The summed E-state index contributed by atoms with van der Waals surface area (Å²) in [5.74, 6) is -0.422. The van der Waals surface area contributed by atoms with Crippen molar-refractivity contribution in [2.75, 3.05) is 6.61 Å². The molecule has 2 atom stereocenters. The van der Waals surface area contributed by atoms with Crippen molar-refractivity contribution < 1.29 is 19.1 Å². The molecule has 0 aliphatic carbocycles. The van der Waals surface area contributed by atoms with E-state index < -0.39 is 11.0 Å². The van der Waals surface area contributed by atoms with Crippen LogP contribution in [0, 0.1) is 11.3 Å². The summed E-state index contributed by atoms with van der Waals surface area (Å²) in [7, 11) is 0. The predicted molar refractivity (Wildman–Crippen MR) is 72.5 cm³/mol. The average Bonchev–Trinajstić information content (AvgIpc) is 2.76. The minimum atomic E-state index is -0.659. The molecule has 0 amide bonds. The summed E-state index contributed by atoms with van der Waals surface area (Å²) in [6.07, 6.45) is 2.86. The molecule has 0 aromatic carbocycles. The van der Waals surface area contributed by atoms with Gasteiger partial charge in [0, 0.05) is 5.92 Å². The minimum absolute atomic E-state index is 0.0494. The fourth-order valence-electron chi connectivity index (χ4n) is 2.38. The van der Waals surface area contributed by atoms with E-state index in [0.717, 1.165) is 19.3 Å². The maximum atomic E-state index is 12.4. The number of hydrogen-bond donors (Lipinski definition) is 0. The lowest BCUT2D eigenvalue weighted by molar-refractivity contribution is -0.174. The van der Waals surface area contributed by atoms with Crippen LogP contribution in [0.4, 0.5) is 0 Å². The van der Waals surface area contributed by atoms with Gasteiger partial charge in [0.05, 0.1) is 18.4 Å². The highest BCUT2D eigenvalue weighted by atomic mass is 16.6. The van der Waals surface area contributed by atoms with E-state index in [1.165, 1.54) is 0 Å². The monoisotopic (exact) mass is 270 g/mol. The summed E-state index contributed by atoms with van der Waals surface area (Å²) in [5.41, 5.74) is -1.09. The molecule has 1 rings (SSSR count). The number of rotatable bonds is 6. The van der Waals surface area contributed by atoms with E-state index in [1.807, 2.05) is 27.7 Å². The zero-order chi connectivity index (χ0) is 14.7. The first-order valence-corrected chi connectivity index (χ1v) is 7.14. The van der Waals surface area contributed by atoms with Crippen molar-refractivity contribution in [3.63, 3.8) is 0 Å². The lowest BCUT2D eigenvalue weighted by atomic mass is 9.82. The molecule has 2 unspecified atom stereocenters. The smallest absolute Gasteiger partial charge is 0.312 e. The number of carbonyl (C=O) groups is 2. The molecule has 0 saturated carbocycles. The first-order chi connectivity index (χ1) is 8.75. The second-order valence-electron chi connectivity index (χ2n) is 6.24. The van der Waals surface area contributed by atoms with Gasteiger partial charge in [-0.3, -0.25) is 9.59 Å². The number of cyclic esters (lactones) is 1. The molecule has 1 heterocycles. The Morgan fingerprint density at radius 2 is 2.00 bits per heavy atom. The lowest BCUT2D eigenvalue weighted by Gasteiger charge is -2.35. The molecule has 1 fully saturated rings. The largest absolute Gasteiger partial charge is 0.465 e. The fraction of sp³-hybridized carbons (Fsp3) is 0.867. The van der Waals surface area contributed by atoms with Crippen molar-refractivity contribution in [3.8, 4) is 0 Å². The third-order valence-corrected chi connectivity index (χ3v) is 4.27. The number of carbonyl (C=O) groups excluding carboxylic acids is 2. The Balaban J connectivity index is 2.71. The maximum Gasteiger partial charge on any atom is 0.312 e. The highest BCUT2D eigenvalue weighted by Crippen LogP contribution is 2.35. The topological polar surface area (TPSA) is 52.6 Å². The summed E-state index contributed by atoms with van der Waals surface area (Å²) in [6.45, 7) is 10.1. The van der Waals surface area contributed by atoms with E-state index in [0.29, 0.717) is 13.0 Å². The lowest BCUT2D eigenvalue weighted by Crippen LogP contribution is -2.42. The quantitative estimate of drug-likeness (QED) is 0.696. The number of ether oxygens (including phenoxy) is 2. The molecular formula is C15H26O4. The Kier molecular flexibility index (Phi) is 4.99. The van der Waals surface area contributed by atoms with Crippen LogP contribution in [-0.2, 0) is 19.1 Å². The molecule has 0 bridgehead atoms. The molecule has 110 valence electrons. The SMILES string of the molecule is CCCC(C)(CC)C(=O)OC(C)(C)C1COC(=O)C1. The third-order valence-electron chi connectivity index (χ3n) is 4.27. The fourth-order valence-corrected chi connectivity index (χ4v) is 2.38. The van der Waals surface area contributed by atoms with Crippen molar-refractivity contribution >= 4 is 11.9 Å². The number of esters is 2. The van der Waals surface area contributed by atoms with Gasteiger partial charge < -0.3 is 9.47 Å². The first kappa shape index (κ1) is 16.0. The van der Waals surface area contributed by atoms with Crippen molar-refractivity contribution in [1.29, 1.82) is 0 Å². The molecule has 1 saturated heterocycles. The molecule has 0 N–H and O–H groups in total. The van der Waals surface area contributed by atoms with Crippen LogP contribution >= 0.6 is 0 Å². The molecule has 4 nitrogen and oxygen atoms in total. The Hall–Kier alpha value is -1.06. The molecule has 0 aromatic rings. The molecule has 0 radical (unpaired) electrons. The van der Waals surface area contributed by atoms with Crippen LogP contribution in [0.1, 0.15) is 60.3 Å². The van der Waals surface area contributed by atoms with Crippen molar-refractivity contribution in [2.24, 2.45) is 11.3 Å². The van der Waals surface area contributed by atoms with E-state index in [-0.39, 0.29) is 17.9 Å². The van der Waals surface area contributed by atoms with E-state index in [4.69, 9.17) is 9.47 Å². The van der Waals surface area contributed by atoms with Crippen LogP contribution in [0.2, 0.25) is 0 Å². The molecular weight excluding hydrogens is 244 g/mol. The zero-order valence-electron chi connectivity index (χ0n) is 12.7. The summed E-state index contributed by atoms with van der Waals surface area (Å²) >= 11 is 0. The van der Waals surface area contributed by atoms with E-state index in [2.05, 4.69) is 6.92 Å². The van der Waals surface area contributed by atoms with Gasteiger partial charge in [0.25, 0.3) is 0 Å². The first-order valence-electron chi connectivity index (χ1n) is 7.14. The van der Waals surface area contributed by atoms with Crippen LogP contribution in [-0.4, -0.2) is 24.1 Å². The Morgan fingerprint density at radius 1 is 1.37 bits per heavy atom. The summed E-state index contributed by atoms with van der Waals surface area (Å²) < 4.78 is 10.7. The van der Waals surface area contributed by atoms with Crippen molar-refractivity contribution in [2.45, 2.75) is 65.9 Å². The normalized spacial score (nSPS) is 22.8. The average molecular weight is 270 g/mol. The highest BCUT2D eigenvalue weighted by Gasteiger charge is 2.43. The molecule has 0 aromatic heterocycles. The van der Waals surface area contributed by atoms with Gasteiger partial charge in [-0.15, -0.1) is 0 Å². The van der Waals surface area contributed by atoms with Crippen LogP contribution in [0.3, 0.4) is 0 Å². The zero-order valence-corrected chi connectivity index (χ0v) is 12.7. The van der Waals surface area contributed by atoms with Crippen molar-refractivity contribution in [1.82, 2.24) is 0 Å². The predicted octanol–water partition coefficient (Wildman–Crippen LogP) is 3.09. The standard InChI is InChI=1S/C15H26O4/c1-6-8-15(5,7-2)13(17)19-14(3,4)11-9-12(16)18-10-11/h11H,6-10H2,1-5H3. The highest BCUT2D eigenvalue weighted by molar-refractivity contribution is 5.77. The van der Waals surface area contributed by atoms with Gasteiger partial charge in [-0.2, -0.15) is 0 Å². The van der Waals surface area contributed by atoms with Gasteiger partial charge in [0.15, 0.2) is 0 Å². The Labute approximate surface area is 115 Å². The molecule has 1 aliphatic rings. The van der Waals surface area contributed by atoms with E-state index in [1.54, 1.807) is 0 Å². The Bertz CT molecular complexity index is 348. The molecule has 0 spiro atoms. The van der Waals surface area contributed by atoms with Gasteiger partial charge >= 0.3 is 11.9 Å². The number of hydrogen-bond acceptors (Lipinski definition) is 4. The van der Waals surface area contributed by atoms with E-state index in [9.17, 15) is 9.59 Å². The van der Waals surface area contributed by atoms with Gasteiger partial charge in [0.1, 0.15) is 5.60 Å². The van der Waals surface area contributed by atoms with Gasteiger partial charge in [-0.1, -0.05) is 20.3 Å². The maximum absolute atomic E-state index is 12.4. The second-order valence-corrected chi connectivity index (χ2v) is 6.24. The van der Waals surface area contributed by atoms with Crippen LogP contribution in [0.25, 0.3) is 0 Å². The van der Waals surface area contributed by atoms with Crippen molar-refractivity contribution in [3.05, 3.63) is 0 Å².